The van der Waals surface area contributed by atoms with Crippen molar-refractivity contribution in [2.75, 3.05) is 0 Å². The van der Waals surface area contributed by atoms with Gasteiger partial charge in [0.25, 0.3) is 0 Å². The van der Waals surface area contributed by atoms with Crippen LogP contribution in [0.15, 0.2) is 0 Å². The van der Waals surface area contributed by atoms with E-state index in [9.17, 15) is 14.4 Å². The number of Topliss-reactive ketones (excluding diaryl/α,β-unsaturated/α-hetero) is 3. The zero-order valence-corrected chi connectivity index (χ0v) is 8.71. The van der Waals surface area contributed by atoms with E-state index in [1.165, 1.54) is 0 Å². The molecule has 78 valence electrons. The summed E-state index contributed by atoms with van der Waals surface area (Å²) in [5.74, 6) is -0.372. The predicted octanol–water partition coefficient (Wildman–Crippen LogP) is 1.54. The molecule has 0 aromatic heterocycles. The molecule has 0 aliphatic heterocycles. The SMILES string of the molecule is CC(C)CC(=O)CC1C(=O)CCC1=O. The van der Waals surface area contributed by atoms with Crippen molar-refractivity contribution < 1.29 is 14.4 Å². The van der Waals surface area contributed by atoms with Gasteiger partial charge in [-0.05, 0) is 5.92 Å². The fraction of sp³-hybridized carbons (Fsp3) is 0.727. The Kier molecular flexibility index (Phi) is 3.55. The van der Waals surface area contributed by atoms with Gasteiger partial charge in [-0.25, -0.2) is 0 Å². The summed E-state index contributed by atoms with van der Waals surface area (Å²) in [6.45, 7) is 3.91. The molecular weight excluding hydrogens is 180 g/mol. The third-order valence-corrected chi connectivity index (χ3v) is 2.46. The molecule has 0 bridgehead atoms. The number of hydrogen-bond donors (Lipinski definition) is 0. The second-order valence-electron chi connectivity index (χ2n) is 4.33. The molecule has 0 atom stereocenters. The topological polar surface area (TPSA) is 51.2 Å². The van der Waals surface area contributed by atoms with Crippen LogP contribution < -0.4 is 0 Å². The van der Waals surface area contributed by atoms with Gasteiger partial charge in [0.1, 0.15) is 17.3 Å². The molecule has 1 rings (SSSR count). The molecule has 0 radical (unpaired) electrons. The molecule has 1 saturated carbocycles. The van der Waals surface area contributed by atoms with E-state index in [4.69, 9.17) is 0 Å². The first kappa shape index (κ1) is 11.1. The number of ketones is 3. The van der Waals surface area contributed by atoms with Crippen LogP contribution in [0.1, 0.15) is 39.5 Å². The van der Waals surface area contributed by atoms with Gasteiger partial charge in [0, 0.05) is 25.7 Å². The largest absolute Gasteiger partial charge is 0.300 e. The van der Waals surface area contributed by atoms with Crippen LogP contribution in [0.3, 0.4) is 0 Å². The van der Waals surface area contributed by atoms with Gasteiger partial charge in [-0.3, -0.25) is 14.4 Å². The molecule has 0 aromatic carbocycles. The molecule has 0 unspecified atom stereocenters. The van der Waals surface area contributed by atoms with Crippen LogP contribution in [0.2, 0.25) is 0 Å². The Morgan fingerprint density at radius 3 is 2.21 bits per heavy atom. The van der Waals surface area contributed by atoms with Gasteiger partial charge >= 0.3 is 0 Å². The molecule has 1 aliphatic carbocycles. The Labute approximate surface area is 83.9 Å². The van der Waals surface area contributed by atoms with Crippen LogP contribution in [0, 0.1) is 11.8 Å². The first-order valence-electron chi connectivity index (χ1n) is 5.08. The van der Waals surface area contributed by atoms with Crippen molar-refractivity contribution >= 4 is 17.3 Å². The van der Waals surface area contributed by atoms with E-state index in [-0.39, 0.29) is 23.8 Å². The smallest absolute Gasteiger partial charge is 0.144 e. The molecule has 0 spiro atoms. The van der Waals surface area contributed by atoms with E-state index < -0.39 is 5.92 Å². The van der Waals surface area contributed by atoms with Crippen molar-refractivity contribution in [1.29, 1.82) is 0 Å². The van der Waals surface area contributed by atoms with Gasteiger partial charge in [-0.2, -0.15) is 0 Å². The van der Waals surface area contributed by atoms with Crippen molar-refractivity contribution in [3.8, 4) is 0 Å². The molecule has 3 heteroatoms. The van der Waals surface area contributed by atoms with E-state index in [0.717, 1.165) is 0 Å². The molecule has 1 aliphatic rings. The Balaban J connectivity index is 2.47. The van der Waals surface area contributed by atoms with Gasteiger partial charge in [-0.15, -0.1) is 0 Å². The van der Waals surface area contributed by atoms with Crippen molar-refractivity contribution in [2.45, 2.75) is 39.5 Å². The zero-order valence-electron chi connectivity index (χ0n) is 8.71. The second kappa shape index (κ2) is 4.49. The van der Waals surface area contributed by atoms with E-state index >= 15 is 0 Å². The van der Waals surface area contributed by atoms with Crippen LogP contribution >= 0.6 is 0 Å². The normalized spacial score (nSPS) is 18.2. The predicted molar refractivity (Wildman–Crippen MR) is 51.8 cm³/mol. The highest BCUT2D eigenvalue weighted by Crippen LogP contribution is 2.22. The molecule has 1 fully saturated rings. The molecular formula is C11H16O3. The van der Waals surface area contributed by atoms with Crippen LogP contribution in [0.25, 0.3) is 0 Å². The molecule has 0 saturated heterocycles. The van der Waals surface area contributed by atoms with Crippen molar-refractivity contribution in [1.82, 2.24) is 0 Å². The van der Waals surface area contributed by atoms with Crippen LogP contribution in [0.5, 0.6) is 0 Å². The van der Waals surface area contributed by atoms with Gasteiger partial charge in [-0.1, -0.05) is 13.8 Å². The van der Waals surface area contributed by atoms with Crippen LogP contribution in [0.4, 0.5) is 0 Å². The Morgan fingerprint density at radius 1 is 1.29 bits per heavy atom. The summed E-state index contributed by atoms with van der Waals surface area (Å²) in [6, 6.07) is 0. The minimum atomic E-state index is -0.610. The average molecular weight is 196 g/mol. The summed E-state index contributed by atoms with van der Waals surface area (Å²) in [5, 5.41) is 0. The summed E-state index contributed by atoms with van der Waals surface area (Å²) in [7, 11) is 0. The van der Waals surface area contributed by atoms with Crippen molar-refractivity contribution in [3.63, 3.8) is 0 Å². The highest BCUT2D eigenvalue weighted by atomic mass is 16.2. The fourth-order valence-electron chi connectivity index (χ4n) is 1.77. The minimum Gasteiger partial charge on any atom is -0.300 e. The summed E-state index contributed by atoms with van der Waals surface area (Å²) in [4.78, 5) is 33.9. The van der Waals surface area contributed by atoms with E-state index in [1.54, 1.807) is 0 Å². The second-order valence-corrected chi connectivity index (χ2v) is 4.33. The highest BCUT2D eigenvalue weighted by molar-refractivity contribution is 6.10. The Bertz CT molecular complexity index is 250. The van der Waals surface area contributed by atoms with Gasteiger partial charge < -0.3 is 0 Å². The van der Waals surface area contributed by atoms with E-state index in [1.807, 2.05) is 13.8 Å². The monoisotopic (exact) mass is 196 g/mol. The first-order valence-corrected chi connectivity index (χ1v) is 5.08. The maximum atomic E-state index is 11.4. The van der Waals surface area contributed by atoms with E-state index in [0.29, 0.717) is 25.2 Å². The summed E-state index contributed by atoms with van der Waals surface area (Å²) in [6.07, 6.45) is 1.27. The quantitative estimate of drug-likeness (QED) is 0.641. The number of rotatable bonds is 4. The molecule has 0 heterocycles. The van der Waals surface area contributed by atoms with Gasteiger partial charge in [0.05, 0.1) is 5.92 Å². The summed E-state index contributed by atoms with van der Waals surface area (Å²) >= 11 is 0. The van der Waals surface area contributed by atoms with Crippen molar-refractivity contribution in [3.05, 3.63) is 0 Å². The molecule has 0 aromatic rings. The maximum Gasteiger partial charge on any atom is 0.144 e. The lowest BCUT2D eigenvalue weighted by atomic mass is 9.95. The average Bonchev–Trinajstić information content (AvgIpc) is 2.34. The summed E-state index contributed by atoms with van der Waals surface area (Å²) in [5.41, 5.74) is 0. The standard InChI is InChI=1S/C11H16O3/c1-7(2)5-8(12)6-9-10(13)3-4-11(9)14/h7,9H,3-6H2,1-2H3. The lowest BCUT2D eigenvalue weighted by Gasteiger charge is -2.07. The number of hydrogen-bond acceptors (Lipinski definition) is 3. The Hall–Kier alpha value is -0.990. The maximum absolute atomic E-state index is 11.4. The minimum absolute atomic E-state index is 0.0357. The van der Waals surface area contributed by atoms with E-state index in [2.05, 4.69) is 0 Å². The first-order chi connectivity index (χ1) is 6.50. The Morgan fingerprint density at radius 2 is 1.79 bits per heavy atom. The van der Waals surface area contributed by atoms with Crippen LogP contribution in [-0.4, -0.2) is 17.3 Å². The number of carbonyl (C=O) groups is 3. The molecule has 0 N–H and O–H groups in total. The third-order valence-electron chi connectivity index (χ3n) is 2.46. The molecule has 0 amide bonds. The summed E-state index contributed by atoms with van der Waals surface area (Å²) < 4.78 is 0. The lowest BCUT2D eigenvalue weighted by Crippen LogP contribution is -2.19. The highest BCUT2D eigenvalue weighted by Gasteiger charge is 2.34. The van der Waals surface area contributed by atoms with Gasteiger partial charge in [0.15, 0.2) is 0 Å². The molecule has 14 heavy (non-hydrogen) atoms. The fourth-order valence-corrected chi connectivity index (χ4v) is 1.77. The third kappa shape index (κ3) is 2.76. The number of carbonyl (C=O) groups excluding carboxylic acids is 3. The van der Waals surface area contributed by atoms with Gasteiger partial charge in [0.2, 0.25) is 0 Å². The zero-order chi connectivity index (χ0) is 10.7. The lowest BCUT2D eigenvalue weighted by molar-refractivity contribution is -0.132. The van der Waals surface area contributed by atoms with Crippen LogP contribution in [-0.2, 0) is 14.4 Å². The van der Waals surface area contributed by atoms with Crippen molar-refractivity contribution in [2.24, 2.45) is 11.8 Å². The molecule has 3 nitrogen and oxygen atoms in total.